The number of para-hydroxylation sites is 1. The van der Waals surface area contributed by atoms with Gasteiger partial charge in [0.25, 0.3) is 0 Å². The Labute approximate surface area is 156 Å². The average molecular weight is 348 g/mol. The second-order valence-corrected chi connectivity index (χ2v) is 7.65. The second kappa shape index (κ2) is 7.65. The molecule has 2 aromatic carbocycles. The standard InChI is InChI=1S/C23H29N3/c1-25-17-22(20-9-5-6-10-23(20)25)21(15-24)19-11-13-26(14-12-19)16-18-7-3-2-4-8-18/h2-10,17,19,21H,11-16,24H2,1H3. The highest BCUT2D eigenvalue weighted by Gasteiger charge is 2.28. The average Bonchev–Trinajstić information content (AvgIpc) is 3.02. The van der Waals surface area contributed by atoms with Crippen molar-refractivity contribution >= 4 is 10.9 Å². The van der Waals surface area contributed by atoms with Crippen LogP contribution in [-0.2, 0) is 13.6 Å². The molecular weight excluding hydrogens is 318 g/mol. The number of aryl methyl sites for hydroxylation is 1. The van der Waals surface area contributed by atoms with Crippen LogP contribution in [0.25, 0.3) is 10.9 Å². The van der Waals surface area contributed by atoms with Gasteiger partial charge in [-0.25, -0.2) is 0 Å². The Balaban J connectivity index is 1.47. The summed E-state index contributed by atoms with van der Waals surface area (Å²) in [6.07, 6.45) is 4.77. The number of likely N-dealkylation sites (tertiary alicyclic amines) is 1. The number of aromatic nitrogens is 1. The maximum Gasteiger partial charge on any atom is 0.0480 e. The summed E-state index contributed by atoms with van der Waals surface area (Å²) in [5.41, 5.74) is 10.4. The molecule has 2 N–H and O–H groups in total. The molecule has 26 heavy (non-hydrogen) atoms. The molecule has 3 nitrogen and oxygen atoms in total. The maximum atomic E-state index is 6.27. The van der Waals surface area contributed by atoms with E-state index in [0.29, 0.717) is 11.8 Å². The first-order valence-electron chi connectivity index (χ1n) is 9.76. The number of piperidine rings is 1. The van der Waals surface area contributed by atoms with Crippen LogP contribution in [0, 0.1) is 5.92 Å². The van der Waals surface area contributed by atoms with E-state index in [1.807, 2.05) is 0 Å². The summed E-state index contributed by atoms with van der Waals surface area (Å²) >= 11 is 0. The zero-order chi connectivity index (χ0) is 17.9. The predicted molar refractivity (Wildman–Crippen MR) is 109 cm³/mol. The van der Waals surface area contributed by atoms with Gasteiger partial charge in [0.15, 0.2) is 0 Å². The number of rotatable bonds is 5. The maximum absolute atomic E-state index is 6.27. The molecule has 136 valence electrons. The van der Waals surface area contributed by atoms with E-state index < -0.39 is 0 Å². The minimum absolute atomic E-state index is 0.458. The van der Waals surface area contributed by atoms with Crippen molar-refractivity contribution in [1.82, 2.24) is 9.47 Å². The van der Waals surface area contributed by atoms with E-state index in [1.54, 1.807) is 0 Å². The Kier molecular flexibility index (Phi) is 5.09. The fraction of sp³-hybridized carbons (Fsp3) is 0.391. The third kappa shape index (κ3) is 3.42. The quantitative estimate of drug-likeness (QED) is 0.753. The Morgan fingerprint density at radius 3 is 2.42 bits per heavy atom. The number of benzene rings is 2. The first-order chi connectivity index (χ1) is 12.8. The number of hydrogen-bond acceptors (Lipinski definition) is 2. The first kappa shape index (κ1) is 17.3. The van der Waals surface area contributed by atoms with Gasteiger partial charge < -0.3 is 10.3 Å². The van der Waals surface area contributed by atoms with Crippen molar-refractivity contribution in [2.24, 2.45) is 18.7 Å². The van der Waals surface area contributed by atoms with E-state index in [2.05, 4.69) is 77.3 Å². The van der Waals surface area contributed by atoms with Gasteiger partial charge in [-0.15, -0.1) is 0 Å². The second-order valence-electron chi connectivity index (χ2n) is 7.65. The Morgan fingerprint density at radius 1 is 1.00 bits per heavy atom. The Morgan fingerprint density at radius 2 is 1.69 bits per heavy atom. The topological polar surface area (TPSA) is 34.2 Å². The monoisotopic (exact) mass is 347 g/mol. The van der Waals surface area contributed by atoms with Crippen LogP contribution in [0.5, 0.6) is 0 Å². The smallest absolute Gasteiger partial charge is 0.0480 e. The summed E-state index contributed by atoms with van der Waals surface area (Å²) in [5.74, 6) is 1.14. The summed E-state index contributed by atoms with van der Waals surface area (Å²) in [4.78, 5) is 2.59. The number of hydrogen-bond donors (Lipinski definition) is 1. The predicted octanol–water partition coefficient (Wildman–Crippen LogP) is 4.13. The van der Waals surface area contributed by atoms with Gasteiger partial charge in [-0.3, -0.25) is 4.90 Å². The number of nitrogens with zero attached hydrogens (tertiary/aromatic N) is 2. The van der Waals surface area contributed by atoms with Crippen LogP contribution in [0.4, 0.5) is 0 Å². The highest BCUT2D eigenvalue weighted by atomic mass is 15.1. The molecule has 1 aliphatic rings. The summed E-state index contributed by atoms with van der Waals surface area (Å²) in [5, 5.41) is 1.37. The molecule has 3 aromatic rings. The lowest BCUT2D eigenvalue weighted by atomic mass is 9.80. The van der Waals surface area contributed by atoms with E-state index in [9.17, 15) is 0 Å². The van der Waals surface area contributed by atoms with Gasteiger partial charge in [0.2, 0.25) is 0 Å². The normalized spacial score (nSPS) is 17.6. The molecule has 1 unspecified atom stereocenters. The van der Waals surface area contributed by atoms with Crippen LogP contribution < -0.4 is 5.73 Å². The highest BCUT2D eigenvalue weighted by Crippen LogP contribution is 2.36. The van der Waals surface area contributed by atoms with Crippen LogP contribution in [0.2, 0.25) is 0 Å². The lowest BCUT2D eigenvalue weighted by Gasteiger charge is -2.36. The van der Waals surface area contributed by atoms with E-state index in [1.165, 1.54) is 48.0 Å². The molecule has 2 heterocycles. The first-order valence-corrected chi connectivity index (χ1v) is 9.76. The van der Waals surface area contributed by atoms with Gasteiger partial charge in [0, 0.05) is 36.6 Å². The van der Waals surface area contributed by atoms with Crippen molar-refractivity contribution in [1.29, 1.82) is 0 Å². The molecule has 0 amide bonds. The van der Waals surface area contributed by atoms with Gasteiger partial charge in [0.05, 0.1) is 0 Å². The van der Waals surface area contributed by atoms with Crippen LogP contribution in [-0.4, -0.2) is 29.1 Å². The van der Waals surface area contributed by atoms with Gasteiger partial charge in [-0.1, -0.05) is 48.5 Å². The molecule has 0 saturated carbocycles. The molecule has 1 aliphatic heterocycles. The summed E-state index contributed by atoms with van der Waals surface area (Å²) in [6, 6.07) is 19.5. The van der Waals surface area contributed by atoms with Crippen molar-refractivity contribution in [3.63, 3.8) is 0 Å². The van der Waals surface area contributed by atoms with E-state index in [4.69, 9.17) is 5.73 Å². The molecule has 0 radical (unpaired) electrons. The lowest BCUT2D eigenvalue weighted by Crippen LogP contribution is -2.36. The van der Waals surface area contributed by atoms with E-state index in [-0.39, 0.29) is 0 Å². The fourth-order valence-electron chi connectivity index (χ4n) is 4.60. The molecule has 0 spiro atoms. The zero-order valence-corrected chi connectivity index (χ0v) is 15.6. The van der Waals surface area contributed by atoms with Crippen molar-refractivity contribution in [2.75, 3.05) is 19.6 Å². The van der Waals surface area contributed by atoms with E-state index >= 15 is 0 Å². The van der Waals surface area contributed by atoms with Crippen LogP contribution in [0.3, 0.4) is 0 Å². The van der Waals surface area contributed by atoms with Crippen LogP contribution in [0.1, 0.15) is 29.9 Å². The molecule has 1 aromatic heterocycles. The van der Waals surface area contributed by atoms with Crippen molar-refractivity contribution in [3.8, 4) is 0 Å². The molecule has 0 aliphatic carbocycles. The van der Waals surface area contributed by atoms with Gasteiger partial charge >= 0.3 is 0 Å². The Bertz CT molecular complexity index is 844. The largest absolute Gasteiger partial charge is 0.350 e. The van der Waals surface area contributed by atoms with Crippen LogP contribution in [0.15, 0.2) is 60.8 Å². The van der Waals surface area contributed by atoms with E-state index in [0.717, 1.165) is 13.1 Å². The molecule has 1 saturated heterocycles. The minimum Gasteiger partial charge on any atom is -0.350 e. The van der Waals surface area contributed by atoms with Gasteiger partial charge in [-0.2, -0.15) is 0 Å². The third-order valence-corrected chi connectivity index (χ3v) is 6.03. The van der Waals surface area contributed by atoms with Gasteiger partial charge in [0.1, 0.15) is 0 Å². The summed E-state index contributed by atoms with van der Waals surface area (Å²) in [6.45, 7) is 4.13. The van der Waals surface area contributed by atoms with Crippen molar-refractivity contribution in [2.45, 2.75) is 25.3 Å². The lowest BCUT2D eigenvalue weighted by molar-refractivity contribution is 0.163. The number of fused-ring (bicyclic) bond motifs is 1. The third-order valence-electron chi connectivity index (χ3n) is 6.03. The molecule has 1 fully saturated rings. The number of nitrogens with two attached hydrogens (primary N) is 1. The molecule has 4 rings (SSSR count). The summed E-state index contributed by atoms with van der Waals surface area (Å²) < 4.78 is 2.25. The van der Waals surface area contributed by atoms with Crippen molar-refractivity contribution < 1.29 is 0 Å². The SMILES string of the molecule is Cn1cc(C(CN)C2CCN(Cc3ccccc3)CC2)c2ccccc21. The Hall–Kier alpha value is -2.10. The van der Waals surface area contributed by atoms with Crippen LogP contribution >= 0.6 is 0 Å². The summed E-state index contributed by atoms with van der Waals surface area (Å²) in [7, 11) is 2.14. The molecule has 3 heteroatoms. The zero-order valence-electron chi connectivity index (χ0n) is 15.6. The van der Waals surface area contributed by atoms with Crippen molar-refractivity contribution in [3.05, 3.63) is 71.9 Å². The van der Waals surface area contributed by atoms with Gasteiger partial charge in [-0.05, 0) is 55.6 Å². The minimum atomic E-state index is 0.458. The highest BCUT2D eigenvalue weighted by molar-refractivity contribution is 5.84. The molecular formula is C23H29N3. The molecule has 0 bridgehead atoms. The molecule has 1 atom stereocenters. The fourth-order valence-corrected chi connectivity index (χ4v) is 4.60.